The van der Waals surface area contributed by atoms with Crippen LogP contribution in [0.2, 0.25) is 5.02 Å². The van der Waals surface area contributed by atoms with E-state index in [-0.39, 0.29) is 0 Å². The standard InChI is InChI=1S/C14H11ClN4S/c15-10-4-2-6-19-11(7-12(16)20)13(18-14(10)19)9-3-1-5-17-8-9/h1-6,8H,7H2,(H2,16,20). The lowest BCUT2D eigenvalue weighted by atomic mass is 10.1. The van der Waals surface area contributed by atoms with Crippen LogP contribution in [0.5, 0.6) is 0 Å². The second-order valence-corrected chi connectivity index (χ2v) is 5.27. The Morgan fingerprint density at radius 2 is 2.20 bits per heavy atom. The van der Waals surface area contributed by atoms with E-state index in [2.05, 4.69) is 9.97 Å². The van der Waals surface area contributed by atoms with E-state index in [0.29, 0.717) is 22.1 Å². The Kier molecular flexibility index (Phi) is 3.38. The number of nitrogens with two attached hydrogens (primary N) is 1. The van der Waals surface area contributed by atoms with Crippen molar-refractivity contribution in [2.24, 2.45) is 5.73 Å². The average molecular weight is 303 g/mol. The van der Waals surface area contributed by atoms with Crippen molar-refractivity contribution >= 4 is 34.5 Å². The lowest BCUT2D eigenvalue weighted by Gasteiger charge is -2.04. The third-order valence-electron chi connectivity index (χ3n) is 2.98. The first-order valence-electron chi connectivity index (χ1n) is 6.01. The predicted octanol–water partition coefficient (Wildman–Crippen LogP) is 2.88. The molecule has 0 spiro atoms. The number of halogens is 1. The molecule has 0 atom stereocenters. The summed E-state index contributed by atoms with van der Waals surface area (Å²) in [6.07, 6.45) is 5.85. The van der Waals surface area contributed by atoms with E-state index in [1.54, 1.807) is 12.4 Å². The van der Waals surface area contributed by atoms with Gasteiger partial charge in [-0.3, -0.25) is 4.98 Å². The van der Waals surface area contributed by atoms with Gasteiger partial charge in [-0.05, 0) is 24.3 Å². The minimum atomic E-state index is 0.414. The number of aromatic nitrogens is 3. The van der Waals surface area contributed by atoms with Gasteiger partial charge in [0.05, 0.1) is 21.4 Å². The van der Waals surface area contributed by atoms with Gasteiger partial charge >= 0.3 is 0 Å². The van der Waals surface area contributed by atoms with E-state index >= 15 is 0 Å². The van der Waals surface area contributed by atoms with E-state index in [9.17, 15) is 0 Å². The monoisotopic (exact) mass is 302 g/mol. The Hall–Kier alpha value is -1.98. The Bertz CT molecular complexity index is 782. The average Bonchev–Trinajstić information content (AvgIpc) is 2.80. The highest BCUT2D eigenvalue weighted by atomic mass is 35.5. The van der Waals surface area contributed by atoms with Crippen LogP contribution >= 0.6 is 23.8 Å². The largest absolute Gasteiger partial charge is 0.393 e. The zero-order valence-electron chi connectivity index (χ0n) is 10.5. The smallest absolute Gasteiger partial charge is 0.156 e. The van der Waals surface area contributed by atoms with E-state index in [1.807, 2.05) is 34.9 Å². The molecule has 0 amide bonds. The van der Waals surface area contributed by atoms with Gasteiger partial charge in [-0.25, -0.2) is 4.98 Å². The maximum Gasteiger partial charge on any atom is 0.156 e. The van der Waals surface area contributed by atoms with Crippen LogP contribution in [0, 0.1) is 0 Å². The lowest BCUT2D eigenvalue weighted by molar-refractivity contribution is 1.07. The van der Waals surface area contributed by atoms with Gasteiger partial charge in [-0.15, -0.1) is 0 Å². The topological polar surface area (TPSA) is 56.2 Å². The van der Waals surface area contributed by atoms with Gasteiger partial charge in [0.25, 0.3) is 0 Å². The van der Waals surface area contributed by atoms with Crippen LogP contribution in [0.15, 0.2) is 42.9 Å². The number of pyridine rings is 2. The van der Waals surface area contributed by atoms with Crippen LogP contribution in [-0.4, -0.2) is 19.4 Å². The number of fused-ring (bicyclic) bond motifs is 1. The molecule has 0 fully saturated rings. The summed E-state index contributed by atoms with van der Waals surface area (Å²) >= 11 is 11.2. The zero-order chi connectivity index (χ0) is 14.1. The summed E-state index contributed by atoms with van der Waals surface area (Å²) in [6.45, 7) is 0. The van der Waals surface area contributed by atoms with Crippen molar-refractivity contribution in [3.05, 3.63) is 53.6 Å². The molecule has 0 unspecified atom stereocenters. The first kappa shape index (κ1) is 13.0. The van der Waals surface area contributed by atoms with E-state index in [0.717, 1.165) is 17.0 Å². The summed E-state index contributed by atoms with van der Waals surface area (Å²) in [6, 6.07) is 7.49. The molecule has 3 heterocycles. The third kappa shape index (κ3) is 2.26. The van der Waals surface area contributed by atoms with Crippen molar-refractivity contribution < 1.29 is 0 Å². The Morgan fingerprint density at radius 3 is 2.90 bits per heavy atom. The quantitative estimate of drug-likeness (QED) is 0.756. The summed E-state index contributed by atoms with van der Waals surface area (Å²) in [5, 5.41) is 0.590. The van der Waals surface area contributed by atoms with Crippen LogP contribution in [0.4, 0.5) is 0 Å². The highest BCUT2D eigenvalue weighted by Gasteiger charge is 2.16. The molecule has 0 aliphatic carbocycles. The van der Waals surface area contributed by atoms with E-state index in [4.69, 9.17) is 29.6 Å². The fourth-order valence-corrected chi connectivity index (χ4v) is 2.49. The summed E-state index contributed by atoms with van der Waals surface area (Å²) in [7, 11) is 0. The molecule has 0 saturated heterocycles. The molecule has 0 aromatic carbocycles. The molecular formula is C14H11ClN4S. The Balaban J connectivity index is 2.30. The Morgan fingerprint density at radius 1 is 1.35 bits per heavy atom. The molecule has 3 rings (SSSR count). The zero-order valence-corrected chi connectivity index (χ0v) is 12.0. The fourth-order valence-electron chi connectivity index (χ4n) is 2.15. The second kappa shape index (κ2) is 5.19. The molecule has 100 valence electrons. The van der Waals surface area contributed by atoms with Crippen LogP contribution in [0.1, 0.15) is 5.69 Å². The summed E-state index contributed by atoms with van der Waals surface area (Å²) < 4.78 is 1.92. The number of hydrogen-bond acceptors (Lipinski definition) is 3. The van der Waals surface area contributed by atoms with Crippen molar-refractivity contribution in [1.29, 1.82) is 0 Å². The number of imidazole rings is 1. The van der Waals surface area contributed by atoms with Gasteiger partial charge in [0.2, 0.25) is 0 Å². The molecule has 0 saturated carbocycles. The van der Waals surface area contributed by atoms with Crippen LogP contribution in [-0.2, 0) is 6.42 Å². The molecule has 3 aromatic rings. The first-order chi connectivity index (χ1) is 9.66. The molecule has 0 bridgehead atoms. The molecule has 20 heavy (non-hydrogen) atoms. The van der Waals surface area contributed by atoms with Crippen LogP contribution in [0.25, 0.3) is 16.9 Å². The van der Waals surface area contributed by atoms with Crippen LogP contribution in [0.3, 0.4) is 0 Å². The van der Waals surface area contributed by atoms with Gasteiger partial charge < -0.3 is 10.1 Å². The molecule has 0 aliphatic heterocycles. The lowest BCUT2D eigenvalue weighted by Crippen LogP contribution is -2.13. The molecule has 0 aliphatic rings. The number of hydrogen-bond donors (Lipinski definition) is 1. The summed E-state index contributed by atoms with van der Waals surface area (Å²) in [5.41, 5.74) is 9.03. The highest BCUT2D eigenvalue weighted by molar-refractivity contribution is 7.80. The normalized spacial score (nSPS) is 10.8. The van der Waals surface area contributed by atoms with Crippen molar-refractivity contribution in [3.8, 4) is 11.3 Å². The molecule has 0 radical (unpaired) electrons. The fraction of sp³-hybridized carbons (Fsp3) is 0.0714. The van der Waals surface area contributed by atoms with Gasteiger partial charge in [0, 0.05) is 30.6 Å². The third-order valence-corrected chi connectivity index (χ3v) is 3.42. The maximum absolute atomic E-state index is 6.20. The van der Waals surface area contributed by atoms with Gasteiger partial charge in [-0.2, -0.15) is 0 Å². The van der Waals surface area contributed by atoms with Crippen molar-refractivity contribution in [3.63, 3.8) is 0 Å². The SMILES string of the molecule is NC(=S)Cc1c(-c2cccnc2)nc2c(Cl)cccn12. The minimum Gasteiger partial charge on any atom is -0.393 e. The maximum atomic E-state index is 6.20. The molecule has 4 nitrogen and oxygen atoms in total. The Labute approximate surface area is 126 Å². The van der Waals surface area contributed by atoms with Gasteiger partial charge in [0.15, 0.2) is 5.65 Å². The number of rotatable bonds is 3. The first-order valence-corrected chi connectivity index (χ1v) is 6.79. The van der Waals surface area contributed by atoms with Crippen molar-refractivity contribution in [2.75, 3.05) is 0 Å². The summed E-state index contributed by atoms with van der Waals surface area (Å²) in [5.74, 6) is 0. The molecule has 6 heteroatoms. The second-order valence-electron chi connectivity index (χ2n) is 4.34. The molecule has 2 N–H and O–H groups in total. The molecular weight excluding hydrogens is 292 g/mol. The van der Waals surface area contributed by atoms with Gasteiger partial charge in [0.1, 0.15) is 0 Å². The predicted molar refractivity (Wildman–Crippen MR) is 83.9 cm³/mol. The summed E-state index contributed by atoms with van der Waals surface area (Å²) in [4.78, 5) is 9.15. The minimum absolute atomic E-state index is 0.414. The van der Waals surface area contributed by atoms with E-state index in [1.165, 1.54) is 0 Å². The number of nitrogens with zero attached hydrogens (tertiary/aromatic N) is 3. The highest BCUT2D eigenvalue weighted by Crippen LogP contribution is 2.27. The van der Waals surface area contributed by atoms with Crippen molar-refractivity contribution in [1.82, 2.24) is 14.4 Å². The molecule has 3 aromatic heterocycles. The van der Waals surface area contributed by atoms with Gasteiger partial charge in [-0.1, -0.05) is 23.8 Å². The number of thiocarbonyl (C=S) groups is 1. The van der Waals surface area contributed by atoms with E-state index < -0.39 is 0 Å². The van der Waals surface area contributed by atoms with Crippen LogP contribution < -0.4 is 5.73 Å². The van der Waals surface area contributed by atoms with Crippen molar-refractivity contribution in [2.45, 2.75) is 6.42 Å².